The van der Waals surface area contributed by atoms with Gasteiger partial charge in [-0.25, -0.2) is 9.97 Å². The summed E-state index contributed by atoms with van der Waals surface area (Å²) in [5, 5.41) is 16.4. The number of fused-ring (bicyclic) bond motifs is 1. The number of rotatable bonds is 2. The molecule has 0 aliphatic heterocycles. The van der Waals surface area contributed by atoms with E-state index in [4.69, 9.17) is 5.73 Å². The van der Waals surface area contributed by atoms with Crippen LogP contribution in [0.5, 0.6) is 11.5 Å². The number of phenols is 1. The van der Waals surface area contributed by atoms with Crippen molar-refractivity contribution in [2.75, 3.05) is 5.73 Å². The summed E-state index contributed by atoms with van der Waals surface area (Å²) >= 11 is 0. The number of nitrogens with zero attached hydrogens (tertiary/aromatic N) is 3. The van der Waals surface area contributed by atoms with E-state index in [1.807, 2.05) is 0 Å². The Morgan fingerprint density at radius 1 is 1.18 bits per heavy atom. The van der Waals surface area contributed by atoms with Crippen LogP contribution in [0.1, 0.15) is 0 Å². The number of alkyl halides is 3. The molecule has 0 saturated heterocycles. The number of aromatic amines is 1. The number of H-pyrrole nitrogens is 1. The Labute approximate surface area is 120 Å². The van der Waals surface area contributed by atoms with Crippen molar-refractivity contribution in [3.63, 3.8) is 0 Å². The number of halogens is 3. The Morgan fingerprint density at radius 2 is 1.95 bits per heavy atom. The maximum absolute atomic E-state index is 12.3. The van der Waals surface area contributed by atoms with Crippen molar-refractivity contribution < 1.29 is 23.0 Å². The Morgan fingerprint density at radius 3 is 2.68 bits per heavy atom. The van der Waals surface area contributed by atoms with Gasteiger partial charge in [0.2, 0.25) is 0 Å². The fourth-order valence-corrected chi connectivity index (χ4v) is 2.01. The van der Waals surface area contributed by atoms with Gasteiger partial charge in [-0.1, -0.05) is 0 Å². The highest BCUT2D eigenvalue weighted by Gasteiger charge is 2.31. The minimum absolute atomic E-state index is 0.107. The monoisotopic (exact) mass is 311 g/mol. The summed E-state index contributed by atoms with van der Waals surface area (Å²) in [5.74, 6) is -0.869. The number of hydrogen-bond donors (Lipinski definition) is 3. The Balaban J connectivity index is 2.15. The number of phenolic OH excluding ortho intramolecular Hbond substituents is 1. The first-order valence-electron chi connectivity index (χ1n) is 5.88. The van der Waals surface area contributed by atoms with E-state index >= 15 is 0 Å². The maximum Gasteiger partial charge on any atom is 0.573 e. The van der Waals surface area contributed by atoms with Crippen molar-refractivity contribution in [2.45, 2.75) is 6.36 Å². The first-order chi connectivity index (χ1) is 10.3. The molecule has 0 saturated carbocycles. The number of benzene rings is 1. The van der Waals surface area contributed by atoms with Crippen LogP contribution in [0, 0.1) is 0 Å². The molecule has 10 heteroatoms. The van der Waals surface area contributed by atoms with Crippen LogP contribution in [0.4, 0.5) is 19.0 Å². The van der Waals surface area contributed by atoms with Crippen LogP contribution in [0.25, 0.3) is 22.3 Å². The molecule has 0 amide bonds. The highest BCUT2D eigenvalue weighted by Crippen LogP contribution is 2.35. The number of hydrogen-bond acceptors (Lipinski definition) is 6. The van der Waals surface area contributed by atoms with E-state index < -0.39 is 17.9 Å². The molecular formula is C12H8F3N5O2. The molecule has 0 spiro atoms. The molecule has 0 radical (unpaired) electrons. The molecule has 3 aromatic rings. The second-order valence-corrected chi connectivity index (χ2v) is 4.32. The van der Waals surface area contributed by atoms with Crippen LogP contribution < -0.4 is 10.5 Å². The first-order valence-corrected chi connectivity index (χ1v) is 5.88. The maximum atomic E-state index is 12.3. The van der Waals surface area contributed by atoms with Gasteiger partial charge < -0.3 is 15.6 Å². The lowest BCUT2D eigenvalue weighted by atomic mass is 10.1. The summed E-state index contributed by atoms with van der Waals surface area (Å²) in [4.78, 5) is 7.69. The first kappa shape index (κ1) is 13.9. The molecular weight excluding hydrogens is 303 g/mol. The summed E-state index contributed by atoms with van der Waals surface area (Å²) in [5.41, 5.74) is 6.46. The van der Waals surface area contributed by atoms with Gasteiger partial charge in [-0.15, -0.1) is 13.2 Å². The molecule has 22 heavy (non-hydrogen) atoms. The van der Waals surface area contributed by atoms with Crippen LogP contribution in [-0.4, -0.2) is 31.6 Å². The van der Waals surface area contributed by atoms with Crippen molar-refractivity contribution in [2.24, 2.45) is 0 Å². The molecule has 1 aromatic carbocycles. The standard InChI is InChI=1S/C12H8F3N5O2/c13-12(14,15)22-7-2-5(1-6(21)3-7)9-8-10(16)17-4-18-11(8)20-19-9/h1-4,21H,(H3,16,17,18,19,20). The van der Waals surface area contributed by atoms with E-state index in [9.17, 15) is 18.3 Å². The Hall–Kier alpha value is -3.04. The number of nitrogen functional groups attached to an aromatic ring is 1. The third kappa shape index (κ3) is 2.57. The summed E-state index contributed by atoms with van der Waals surface area (Å²) in [7, 11) is 0. The molecule has 7 nitrogen and oxygen atoms in total. The fourth-order valence-electron chi connectivity index (χ4n) is 2.01. The van der Waals surface area contributed by atoms with Gasteiger partial charge in [0.05, 0.1) is 11.1 Å². The van der Waals surface area contributed by atoms with Gasteiger partial charge in [-0.05, 0) is 12.1 Å². The summed E-state index contributed by atoms with van der Waals surface area (Å²) in [6.07, 6.45) is -3.66. The molecule has 0 atom stereocenters. The highest BCUT2D eigenvalue weighted by atomic mass is 19.4. The minimum atomic E-state index is -4.87. The molecule has 0 aliphatic carbocycles. The van der Waals surface area contributed by atoms with Gasteiger partial charge in [0.1, 0.15) is 23.6 Å². The lowest BCUT2D eigenvalue weighted by Gasteiger charge is -2.10. The van der Waals surface area contributed by atoms with Crippen LogP contribution in [0.15, 0.2) is 24.5 Å². The largest absolute Gasteiger partial charge is 0.573 e. The topological polar surface area (TPSA) is 110 Å². The van der Waals surface area contributed by atoms with Crippen molar-refractivity contribution >= 4 is 16.9 Å². The number of nitrogens with two attached hydrogens (primary N) is 1. The second kappa shape index (κ2) is 4.76. The van der Waals surface area contributed by atoms with Crippen LogP contribution in [0.2, 0.25) is 0 Å². The van der Waals surface area contributed by atoms with E-state index in [0.717, 1.165) is 12.1 Å². The van der Waals surface area contributed by atoms with Crippen LogP contribution >= 0.6 is 0 Å². The van der Waals surface area contributed by atoms with E-state index in [1.54, 1.807) is 0 Å². The van der Waals surface area contributed by atoms with Crippen LogP contribution in [0.3, 0.4) is 0 Å². The lowest BCUT2D eigenvalue weighted by Crippen LogP contribution is -2.17. The molecule has 4 N–H and O–H groups in total. The quantitative estimate of drug-likeness (QED) is 0.669. The summed E-state index contributed by atoms with van der Waals surface area (Å²) in [6, 6.07) is 3.17. The van der Waals surface area contributed by atoms with Crippen molar-refractivity contribution in [1.82, 2.24) is 20.2 Å². The van der Waals surface area contributed by atoms with Gasteiger partial charge in [-0.3, -0.25) is 5.10 Å². The van der Waals surface area contributed by atoms with Crippen molar-refractivity contribution in [3.8, 4) is 22.8 Å². The number of aromatic hydroxyl groups is 1. The minimum Gasteiger partial charge on any atom is -0.508 e. The average molecular weight is 311 g/mol. The molecule has 0 bridgehead atoms. The zero-order valence-corrected chi connectivity index (χ0v) is 10.7. The smallest absolute Gasteiger partial charge is 0.508 e. The third-order valence-electron chi connectivity index (χ3n) is 2.79. The predicted octanol–water partition coefficient (Wildman–Crippen LogP) is 2.21. The molecule has 114 valence electrons. The number of ether oxygens (including phenoxy) is 1. The Bertz CT molecular complexity index is 846. The molecule has 0 aliphatic rings. The van der Waals surface area contributed by atoms with E-state index in [0.29, 0.717) is 5.39 Å². The predicted molar refractivity (Wildman–Crippen MR) is 69.9 cm³/mol. The zero-order chi connectivity index (χ0) is 15.9. The van der Waals surface area contributed by atoms with E-state index in [2.05, 4.69) is 24.9 Å². The molecule has 2 heterocycles. The highest BCUT2D eigenvalue weighted by molar-refractivity contribution is 5.98. The van der Waals surface area contributed by atoms with Crippen molar-refractivity contribution in [1.29, 1.82) is 0 Å². The Kier molecular flexibility index (Phi) is 3.01. The van der Waals surface area contributed by atoms with Gasteiger partial charge in [0.15, 0.2) is 5.65 Å². The van der Waals surface area contributed by atoms with E-state index in [-0.39, 0.29) is 22.7 Å². The number of nitrogens with one attached hydrogen (secondary N) is 1. The fraction of sp³-hybridized carbons (Fsp3) is 0.0833. The summed E-state index contributed by atoms with van der Waals surface area (Å²) in [6.45, 7) is 0. The number of anilines is 1. The molecule has 0 unspecified atom stereocenters. The van der Waals surface area contributed by atoms with Crippen molar-refractivity contribution in [3.05, 3.63) is 24.5 Å². The normalized spacial score (nSPS) is 11.8. The SMILES string of the molecule is Nc1ncnc2n[nH]c(-c3cc(O)cc(OC(F)(F)F)c3)c12. The van der Waals surface area contributed by atoms with Gasteiger partial charge in [-0.2, -0.15) is 5.10 Å². The molecule has 2 aromatic heterocycles. The van der Waals surface area contributed by atoms with Gasteiger partial charge in [0, 0.05) is 11.6 Å². The molecule has 3 rings (SSSR count). The average Bonchev–Trinajstić information content (AvgIpc) is 2.81. The summed E-state index contributed by atoms with van der Waals surface area (Å²) < 4.78 is 40.7. The van der Waals surface area contributed by atoms with E-state index in [1.165, 1.54) is 12.4 Å². The lowest BCUT2D eigenvalue weighted by molar-refractivity contribution is -0.274. The van der Waals surface area contributed by atoms with Gasteiger partial charge in [0.25, 0.3) is 0 Å². The van der Waals surface area contributed by atoms with Crippen LogP contribution in [-0.2, 0) is 0 Å². The third-order valence-corrected chi connectivity index (χ3v) is 2.79. The zero-order valence-electron chi connectivity index (χ0n) is 10.7. The molecule has 0 fully saturated rings. The van der Waals surface area contributed by atoms with Gasteiger partial charge >= 0.3 is 6.36 Å². The second-order valence-electron chi connectivity index (χ2n) is 4.32. The number of aromatic nitrogens is 4.